The summed E-state index contributed by atoms with van der Waals surface area (Å²) >= 11 is 0. The van der Waals surface area contributed by atoms with E-state index < -0.39 is 0 Å². The van der Waals surface area contributed by atoms with Crippen molar-refractivity contribution in [1.29, 1.82) is 0 Å². The molecule has 0 aliphatic heterocycles. The van der Waals surface area contributed by atoms with Crippen LogP contribution in [0.5, 0.6) is 0 Å². The molecule has 0 N–H and O–H groups in total. The number of benzene rings is 5. The first-order valence-electron chi connectivity index (χ1n) is 8.21. The first-order valence-corrected chi connectivity index (χ1v) is 8.21. The summed E-state index contributed by atoms with van der Waals surface area (Å²) in [6, 6.07) is 35.8. The fraction of sp³-hybridized carbons (Fsp3) is 0. The van der Waals surface area contributed by atoms with Gasteiger partial charge >= 0.3 is 0 Å². The molecule has 0 saturated carbocycles. The van der Waals surface area contributed by atoms with Gasteiger partial charge in [-0.1, -0.05) is 84.9 Å². The van der Waals surface area contributed by atoms with Gasteiger partial charge < -0.3 is 0 Å². The summed E-state index contributed by atoms with van der Waals surface area (Å²) in [4.78, 5) is 0. The number of hydrogen-bond donors (Lipinski definition) is 0. The van der Waals surface area contributed by atoms with E-state index in [1.54, 1.807) is 0 Å². The molecule has 0 unspecified atom stereocenters. The summed E-state index contributed by atoms with van der Waals surface area (Å²) in [6.45, 7) is 0. The van der Waals surface area contributed by atoms with Gasteiger partial charge in [0.1, 0.15) is 0 Å². The molecule has 0 spiro atoms. The predicted molar refractivity (Wildman–Crippen MR) is 103 cm³/mol. The molecule has 5 rings (SSSR count). The second-order valence-electron chi connectivity index (χ2n) is 6.16. The Labute approximate surface area is 141 Å². The van der Waals surface area contributed by atoms with Crippen LogP contribution >= 0.6 is 0 Å². The van der Waals surface area contributed by atoms with Gasteiger partial charge in [0.25, 0.3) is 0 Å². The largest absolute Gasteiger partial charge is 0.0616 e. The molecule has 1 radical (unpaired) electrons. The summed E-state index contributed by atoms with van der Waals surface area (Å²) in [6.07, 6.45) is 0. The molecule has 0 nitrogen and oxygen atoms in total. The Hall–Kier alpha value is -3.12. The minimum atomic E-state index is 1.18. The van der Waals surface area contributed by atoms with Crippen LogP contribution in [0.4, 0.5) is 0 Å². The van der Waals surface area contributed by atoms with Crippen molar-refractivity contribution in [1.82, 2.24) is 0 Å². The lowest BCUT2D eigenvalue weighted by Crippen LogP contribution is -1.83. The third-order valence-corrected chi connectivity index (χ3v) is 4.75. The van der Waals surface area contributed by atoms with Gasteiger partial charge in [-0.25, -0.2) is 0 Å². The SMILES string of the molecule is [c]1cccc2cccc(-c3ccc4c(ccc5ccccc54)c3)c12. The maximum atomic E-state index is 3.40. The molecule has 0 atom stereocenters. The van der Waals surface area contributed by atoms with Crippen LogP contribution in [-0.2, 0) is 0 Å². The lowest BCUT2D eigenvalue weighted by Gasteiger charge is -2.09. The molecule has 0 bridgehead atoms. The highest BCUT2D eigenvalue weighted by atomic mass is 14.1. The first-order chi connectivity index (χ1) is 11.9. The highest BCUT2D eigenvalue weighted by Crippen LogP contribution is 2.32. The molecule has 0 fully saturated rings. The normalized spacial score (nSPS) is 11.3. The van der Waals surface area contributed by atoms with Crippen LogP contribution in [0.1, 0.15) is 0 Å². The predicted octanol–water partition coefficient (Wildman–Crippen LogP) is 6.61. The average Bonchev–Trinajstić information content (AvgIpc) is 2.67. The maximum Gasteiger partial charge on any atom is -0.00266 e. The highest BCUT2D eigenvalue weighted by Gasteiger charge is 2.06. The van der Waals surface area contributed by atoms with Gasteiger partial charge in [0.2, 0.25) is 0 Å². The van der Waals surface area contributed by atoms with Crippen molar-refractivity contribution in [3.63, 3.8) is 0 Å². The van der Waals surface area contributed by atoms with Crippen LogP contribution in [0, 0.1) is 6.07 Å². The molecule has 0 amide bonds. The Morgan fingerprint density at radius 3 is 2.33 bits per heavy atom. The molecule has 0 saturated heterocycles. The van der Waals surface area contributed by atoms with E-state index in [4.69, 9.17) is 0 Å². The van der Waals surface area contributed by atoms with Gasteiger partial charge in [-0.15, -0.1) is 0 Å². The third-order valence-electron chi connectivity index (χ3n) is 4.75. The topological polar surface area (TPSA) is 0 Å². The van der Waals surface area contributed by atoms with Crippen LogP contribution < -0.4 is 0 Å². The molecule has 0 aromatic heterocycles. The van der Waals surface area contributed by atoms with E-state index in [0.29, 0.717) is 0 Å². The van der Waals surface area contributed by atoms with E-state index in [9.17, 15) is 0 Å². The van der Waals surface area contributed by atoms with Gasteiger partial charge in [0.05, 0.1) is 0 Å². The quantitative estimate of drug-likeness (QED) is 0.305. The van der Waals surface area contributed by atoms with E-state index >= 15 is 0 Å². The maximum absolute atomic E-state index is 3.40. The van der Waals surface area contributed by atoms with Gasteiger partial charge in [-0.3, -0.25) is 0 Å². The summed E-state index contributed by atoms with van der Waals surface area (Å²) < 4.78 is 0. The van der Waals surface area contributed by atoms with Gasteiger partial charge in [-0.2, -0.15) is 0 Å². The van der Waals surface area contributed by atoms with Gasteiger partial charge in [-0.05, 0) is 55.6 Å². The molecule has 0 heteroatoms. The smallest absolute Gasteiger partial charge is 0.00266 e. The summed E-state index contributed by atoms with van der Waals surface area (Å²) in [5.41, 5.74) is 2.48. The highest BCUT2D eigenvalue weighted by molar-refractivity contribution is 6.09. The van der Waals surface area contributed by atoms with E-state index in [1.165, 1.54) is 43.4 Å². The standard InChI is InChI=1S/C24H15/c1-3-9-21-17(6-1)8-5-11-23(21)20-14-15-24-19(16-20)13-12-18-7-2-4-10-22(18)24/h1-8,10-16H. The molecule has 24 heavy (non-hydrogen) atoms. The summed E-state index contributed by atoms with van der Waals surface area (Å²) in [7, 11) is 0. The van der Waals surface area contributed by atoms with Gasteiger partial charge in [0.15, 0.2) is 0 Å². The Bertz CT molecular complexity index is 1190. The van der Waals surface area contributed by atoms with Crippen molar-refractivity contribution in [3.05, 3.63) is 97.1 Å². The van der Waals surface area contributed by atoms with Crippen molar-refractivity contribution in [3.8, 4) is 11.1 Å². The summed E-state index contributed by atoms with van der Waals surface area (Å²) in [5.74, 6) is 0. The summed E-state index contributed by atoms with van der Waals surface area (Å²) in [5, 5.41) is 7.59. The molecule has 5 aromatic carbocycles. The van der Waals surface area contributed by atoms with Crippen molar-refractivity contribution in [2.45, 2.75) is 0 Å². The molecule has 0 heterocycles. The van der Waals surface area contributed by atoms with Crippen molar-refractivity contribution >= 4 is 32.3 Å². The van der Waals surface area contributed by atoms with E-state index in [0.717, 1.165) is 0 Å². The van der Waals surface area contributed by atoms with Crippen LogP contribution in [0.25, 0.3) is 43.4 Å². The molecule has 0 aliphatic rings. The van der Waals surface area contributed by atoms with Crippen LogP contribution in [0.2, 0.25) is 0 Å². The second kappa shape index (κ2) is 5.21. The average molecular weight is 303 g/mol. The molecule has 111 valence electrons. The number of hydrogen-bond acceptors (Lipinski definition) is 0. The van der Waals surface area contributed by atoms with E-state index in [2.05, 4.69) is 84.9 Å². The zero-order valence-electron chi connectivity index (χ0n) is 13.2. The fourth-order valence-electron chi connectivity index (χ4n) is 3.57. The Kier molecular flexibility index (Phi) is 2.89. The monoisotopic (exact) mass is 303 g/mol. The number of rotatable bonds is 1. The number of fused-ring (bicyclic) bond motifs is 4. The van der Waals surface area contributed by atoms with Crippen molar-refractivity contribution in [2.75, 3.05) is 0 Å². The first kappa shape index (κ1) is 13.3. The van der Waals surface area contributed by atoms with Crippen LogP contribution in [0.3, 0.4) is 0 Å². The third kappa shape index (κ3) is 2.00. The Morgan fingerprint density at radius 1 is 0.542 bits per heavy atom. The Morgan fingerprint density at radius 2 is 1.33 bits per heavy atom. The second-order valence-corrected chi connectivity index (χ2v) is 6.16. The lowest BCUT2D eigenvalue weighted by atomic mass is 9.94. The zero-order chi connectivity index (χ0) is 15.9. The van der Waals surface area contributed by atoms with E-state index in [1.807, 2.05) is 12.1 Å². The minimum Gasteiger partial charge on any atom is -0.0616 e. The molecular weight excluding hydrogens is 288 g/mol. The minimum absolute atomic E-state index is 1.18. The molecule has 0 aliphatic carbocycles. The van der Waals surface area contributed by atoms with Crippen LogP contribution in [0.15, 0.2) is 91.0 Å². The Balaban J connectivity index is 1.80. The van der Waals surface area contributed by atoms with Crippen molar-refractivity contribution < 1.29 is 0 Å². The van der Waals surface area contributed by atoms with E-state index in [-0.39, 0.29) is 0 Å². The van der Waals surface area contributed by atoms with Gasteiger partial charge in [0, 0.05) is 0 Å². The zero-order valence-corrected chi connectivity index (χ0v) is 13.2. The lowest BCUT2D eigenvalue weighted by molar-refractivity contribution is 1.68. The van der Waals surface area contributed by atoms with Crippen molar-refractivity contribution in [2.24, 2.45) is 0 Å². The van der Waals surface area contributed by atoms with Crippen LogP contribution in [-0.4, -0.2) is 0 Å². The molecule has 5 aromatic rings. The fourth-order valence-corrected chi connectivity index (χ4v) is 3.57. The molecular formula is C24H15.